The second-order valence-corrected chi connectivity index (χ2v) is 5.17. The van der Waals surface area contributed by atoms with E-state index in [-0.39, 0.29) is 29.8 Å². The maximum atomic E-state index is 11.9. The number of aromatic nitrogens is 2. The van der Waals surface area contributed by atoms with Gasteiger partial charge in [0, 0.05) is 18.8 Å². The van der Waals surface area contributed by atoms with Gasteiger partial charge in [-0.25, -0.2) is 4.98 Å². The number of carbonyl (C=O) groups excluding carboxylic acids is 1. The van der Waals surface area contributed by atoms with Gasteiger partial charge in [-0.1, -0.05) is 20.8 Å². The number of nitrogens with two attached hydrogens (primary N) is 1. The molecule has 18 heavy (non-hydrogen) atoms. The smallest absolute Gasteiger partial charge is 0.271 e. The predicted octanol–water partition coefficient (Wildman–Crippen LogP) is 1.31. The maximum absolute atomic E-state index is 11.9. The number of nitrogens with zero attached hydrogens (tertiary/aromatic N) is 2. The number of amides is 1. The summed E-state index contributed by atoms with van der Waals surface area (Å²) in [6.07, 6.45) is 3.05. The third-order valence-electron chi connectivity index (χ3n) is 2.60. The highest BCUT2D eigenvalue weighted by Crippen LogP contribution is 2.18. The molecule has 0 aromatic carbocycles. The van der Waals surface area contributed by atoms with Crippen molar-refractivity contribution in [1.82, 2.24) is 15.3 Å². The quantitative estimate of drug-likeness (QED) is 0.869. The van der Waals surface area contributed by atoms with Crippen LogP contribution in [0.2, 0.25) is 0 Å². The number of aryl methyl sites for hydroxylation is 1. The van der Waals surface area contributed by atoms with Crippen LogP contribution in [0.1, 0.15) is 37.0 Å². The number of hydrogen-bond acceptors (Lipinski definition) is 4. The molecule has 1 rings (SSSR count). The zero-order valence-electron chi connectivity index (χ0n) is 11.2. The third kappa shape index (κ3) is 4.58. The number of hydrogen-bond donors (Lipinski definition) is 2. The SMILES string of the molecule is Cc1cnc(C(=O)NC(CN)C(C)(C)C)cn1.Cl. The molecule has 1 aromatic heterocycles. The van der Waals surface area contributed by atoms with Gasteiger partial charge in [-0.2, -0.15) is 0 Å². The van der Waals surface area contributed by atoms with Crippen LogP contribution < -0.4 is 11.1 Å². The van der Waals surface area contributed by atoms with E-state index in [0.29, 0.717) is 12.2 Å². The molecule has 0 aliphatic carbocycles. The minimum Gasteiger partial charge on any atom is -0.346 e. The summed E-state index contributed by atoms with van der Waals surface area (Å²) >= 11 is 0. The van der Waals surface area contributed by atoms with Gasteiger partial charge in [-0.3, -0.25) is 9.78 Å². The van der Waals surface area contributed by atoms with E-state index in [1.807, 2.05) is 27.7 Å². The highest BCUT2D eigenvalue weighted by molar-refractivity contribution is 5.92. The Morgan fingerprint density at radius 1 is 1.39 bits per heavy atom. The molecule has 1 amide bonds. The van der Waals surface area contributed by atoms with Crippen molar-refractivity contribution in [3.63, 3.8) is 0 Å². The van der Waals surface area contributed by atoms with Crippen molar-refractivity contribution in [3.05, 3.63) is 23.8 Å². The molecular weight excluding hydrogens is 252 g/mol. The number of carbonyl (C=O) groups is 1. The van der Waals surface area contributed by atoms with Gasteiger partial charge in [0.2, 0.25) is 0 Å². The normalized spacial score (nSPS) is 12.5. The van der Waals surface area contributed by atoms with E-state index in [1.54, 1.807) is 6.20 Å². The maximum Gasteiger partial charge on any atom is 0.271 e. The van der Waals surface area contributed by atoms with Crippen molar-refractivity contribution in [2.75, 3.05) is 6.54 Å². The van der Waals surface area contributed by atoms with Crippen LogP contribution in [0.3, 0.4) is 0 Å². The lowest BCUT2D eigenvalue weighted by Gasteiger charge is -2.30. The van der Waals surface area contributed by atoms with Crippen molar-refractivity contribution in [2.45, 2.75) is 33.7 Å². The number of rotatable bonds is 3. The third-order valence-corrected chi connectivity index (χ3v) is 2.60. The topological polar surface area (TPSA) is 80.9 Å². The average molecular weight is 273 g/mol. The van der Waals surface area contributed by atoms with Crippen LogP contribution >= 0.6 is 12.4 Å². The number of halogens is 1. The molecule has 0 fully saturated rings. The Balaban J connectivity index is 0.00000289. The van der Waals surface area contributed by atoms with Gasteiger partial charge < -0.3 is 11.1 Å². The molecule has 5 nitrogen and oxygen atoms in total. The fourth-order valence-electron chi connectivity index (χ4n) is 1.37. The van der Waals surface area contributed by atoms with Crippen LogP contribution in [0.15, 0.2) is 12.4 Å². The van der Waals surface area contributed by atoms with Gasteiger partial charge in [-0.15, -0.1) is 12.4 Å². The number of nitrogens with one attached hydrogen (secondary N) is 1. The Morgan fingerprint density at radius 2 is 2.00 bits per heavy atom. The van der Waals surface area contributed by atoms with Crippen molar-refractivity contribution >= 4 is 18.3 Å². The van der Waals surface area contributed by atoms with Gasteiger partial charge in [0.15, 0.2) is 0 Å². The van der Waals surface area contributed by atoms with Crippen LogP contribution in [0, 0.1) is 12.3 Å². The molecule has 1 atom stereocenters. The van der Waals surface area contributed by atoms with E-state index in [0.717, 1.165) is 5.69 Å². The molecule has 0 saturated carbocycles. The minimum atomic E-state index is -0.233. The van der Waals surface area contributed by atoms with E-state index in [4.69, 9.17) is 5.73 Å². The van der Waals surface area contributed by atoms with Gasteiger partial charge in [0.1, 0.15) is 5.69 Å². The van der Waals surface area contributed by atoms with Crippen molar-refractivity contribution in [3.8, 4) is 0 Å². The van der Waals surface area contributed by atoms with Crippen LogP contribution in [-0.2, 0) is 0 Å². The second-order valence-electron chi connectivity index (χ2n) is 5.17. The highest BCUT2D eigenvalue weighted by atomic mass is 35.5. The summed E-state index contributed by atoms with van der Waals surface area (Å²) in [6.45, 7) is 8.32. The first-order valence-electron chi connectivity index (χ1n) is 5.64. The monoisotopic (exact) mass is 272 g/mol. The molecule has 3 N–H and O–H groups in total. The van der Waals surface area contributed by atoms with Crippen molar-refractivity contribution in [2.24, 2.45) is 11.1 Å². The molecule has 1 heterocycles. The van der Waals surface area contributed by atoms with Crippen LogP contribution in [0.4, 0.5) is 0 Å². The van der Waals surface area contributed by atoms with Gasteiger partial charge in [0.25, 0.3) is 5.91 Å². The van der Waals surface area contributed by atoms with Gasteiger partial charge >= 0.3 is 0 Å². The molecule has 0 aliphatic rings. The molecule has 0 spiro atoms. The van der Waals surface area contributed by atoms with E-state index in [9.17, 15) is 4.79 Å². The first-order valence-corrected chi connectivity index (χ1v) is 5.64. The molecule has 0 saturated heterocycles. The molecule has 102 valence electrons. The predicted molar refractivity (Wildman–Crippen MR) is 73.8 cm³/mol. The Labute approximate surface area is 114 Å². The largest absolute Gasteiger partial charge is 0.346 e. The molecule has 1 unspecified atom stereocenters. The summed E-state index contributed by atoms with van der Waals surface area (Å²) in [5.41, 5.74) is 6.68. The Kier molecular flexibility index (Phi) is 6.21. The zero-order chi connectivity index (χ0) is 13.1. The van der Waals surface area contributed by atoms with E-state index in [2.05, 4.69) is 15.3 Å². The van der Waals surface area contributed by atoms with E-state index in [1.165, 1.54) is 6.20 Å². The Bertz CT molecular complexity index is 386. The van der Waals surface area contributed by atoms with E-state index >= 15 is 0 Å². The minimum absolute atomic E-state index is 0. The first kappa shape index (κ1) is 16.8. The molecule has 0 aliphatic heterocycles. The molecule has 6 heteroatoms. The zero-order valence-corrected chi connectivity index (χ0v) is 12.0. The van der Waals surface area contributed by atoms with Crippen LogP contribution in [-0.4, -0.2) is 28.5 Å². The first-order chi connectivity index (χ1) is 7.84. The van der Waals surface area contributed by atoms with Gasteiger partial charge in [0.05, 0.1) is 11.9 Å². The molecule has 0 bridgehead atoms. The lowest BCUT2D eigenvalue weighted by Crippen LogP contribution is -2.48. The second kappa shape index (κ2) is 6.66. The summed E-state index contributed by atoms with van der Waals surface area (Å²) in [4.78, 5) is 20.0. The molecular formula is C12H21ClN4O. The summed E-state index contributed by atoms with van der Waals surface area (Å²) in [7, 11) is 0. The van der Waals surface area contributed by atoms with Crippen molar-refractivity contribution in [1.29, 1.82) is 0 Å². The summed E-state index contributed by atoms with van der Waals surface area (Å²) in [6, 6.07) is -0.0851. The summed E-state index contributed by atoms with van der Waals surface area (Å²) < 4.78 is 0. The fraction of sp³-hybridized carbons (Fsp3) is 0.583. The molecule has 0 radical (unpaired) electrons. The highest BCUT2D eigenvalue weighted by Gasteiger charge is 2.25. The van der Waals surface area contributed by atoms with Crippen LogP contribution in [0.5, 0.6) is 0 Å². The summed E-state index contributed by atoms with van der Waals surface area (Å²) in [5.74, 6) is -0.233. The summed E-state index contributed by atoms with van der Waals surface area (Å²) in [5, 5.41) is 2.88. The lowest BCUT2D eigenvalue weighted by atomic mass is 9.87. The van der Waals surface area contributed by atoms with Crippen LogP contribution in [0.25, 0.3) is 0 Å². The van der Waals surface area contributed by atoms with Gasteiger partial charge in [-0.05, 0) is 12.3 Å². The average Bonchev–Trinajstić information content (AvgIpc) is 2.24. The standard InChI is InChI=1S/C12H20N4O.ClH/c1-8-6-15-9(7-14-8)11(17)16-10(5-13)12(2,3)4;/h6-7,10H,5,13H2,1-4H3,(H,16,17);1H. The Morgan fingerprint density at radius 3 is 2.39 bits per heavy atom. The fourth-order valence-corrected chi connectivity index (χ4v) is 1.37. The molecule has 1 aromatic rings. The lowest BCUT2D eigenvalue weighted by molar-refractivity contribution is 0.0900. The Hall–Kier alpha value is -1.20. The van der Waals surface area contributed by atoms with Crippen molar-refractivity contribution < 1.29 is 4.79 Å². The van der Waals surface area contributed by atoms with E-state index < -0.39 is 0 Å².